The molecule has 2 N–H and O–H groups in total. The monoisotopic (exact) mass is 553 g/mol. The Kier molecular flexibility index (Phi) is 8.03. The maximum atomic E-state index is 13.4. The minimum absolute atomic E-state index is 0.0571. The van der Waals surface area contributed by atoms with E-state index in [1.807, 2.05) is 0 Å². The van der Waals surface area contributed by atoms with Gasteiger partial charge in [-0.1, -0.05) is 18.5 Å². The van der Waals surface area contributed by atoms with Crippen LogP contribution in [0.4, 0.5) is 9.80 Å². The first kappa shape index (κ1) is 26.6. The highest BCUT2D eigenvalue weighted by Crippen LogP contribution is 2.40. The number of halogens is 1. The fraction of sp³-hybridized carbons (Fsp3) is 0.458. The van der Waals surface area contributed by atoms with Crippen molar-refractivity contribution in [3.8, 4) is 0 Å². The van der Waals surface area contributed by atoms with E-state index in [0.29, 0.717) is 35.2 Å². The van der Waals surface area contributed by atoms with Crippen LogP contribution >= 0.6 is 22.9 Å². The van der Waals surface area contributed by atoms with Crippen molar-refractivity contribution in [2.24, 2.45) is 5.92 Å². The van der Waals surface area contributed by atoms with Crippen LogP contribution in [0, 0.1) is 5.92 Å². The van der Waals surface area contributed by atoms with Crippen LogP contribution in [0.25, 0.3) is 0 Å². The van der Waals surface area contributed by atoms with E-state index in [2.05, 4.69) is 17.6 Å². The summed E-state index contributed by atoms with van der Waals surface area (Å²) in [5, 5.41) is 5.77. The third kappa shape index (κ3) is 5.44. The first-order chi connectivity index (χ1) is 17.1. The number of thiophene rings is 1. The van der Waals surface area contributed by atoms with Crippen molar-refractivity contribution in [3.05, 3.63) is 45.3 Å². The maximum absolute atomic E-state index is 13.4. The second kappa shape index (κ2) is 10.9. The van der Waals surface area contributed by atoms with E-state index < -0.39 is 34.0 Å². The summed E-state index contributed by atoms with van der Waals surface area (Å²) in [5.74, 6) is -0.731. The number of alkyl carbamates (subject to hydrolysis) is 1. The van der Waals surface area contributed by atoms with Crippen molar-refractivity contribution < 1.29 is 27.5 Å². The van der Waals surface area contributed by atoms with Crippen LogP contribution in [0.1, 0.15) is 53.9 Å². The Bertz CT molecular complexity index is 1280. The van der Waals surface area contributed by atoms with Crippen molar-refractivity contribution in [3.63, 3.8) is 0 Å². The number of hydrogen-bond donors (Lipinski definition) is 2. The molecule has 9 nitrogen and oxygen atoms in total. The third-order valence-electron chi connectivity index (χ3n) is 6.39. The molecule has 2 unspecified atom stereocenters. The highest BCUT2D eigenvalue weighted by Gasteiger charge is 2.40. The van der Waals surface area contributed by atoms with Gasteiger partial charge < -0.3 is 10.1 Å². The Morgan fingerprint density at radius 2 is 1.92 bits per heavy atom. The number of carbonyl (C=O) groups is 3. The summed E-state index contributed by atoms with van der Waals surface area (Å²) >= 11 is 7.20. The fourth-order valence-corrected chi connectivity index (χ4v) is 7.82. The van der Waals surface area contributed by atoms with Crippen molar-refractivity contribution >= 4 is 55.9 Å². The van der Waals surface area contributed by atoms with E-state index in [-0.39, 0.29) is 23.6 Å². The fourth-order valence-electron chi connectivity index (χ4n) is 4.63. The zero-order chi connectivity index (χ0) is 26.0. The van der Waals surface area contributed by atoms with Crippen LogP contribution in [0.5, 0.6) is 0 Å². The van der Waals surface area contributed by atoms with Gasteiger partial charge in [0.25, 0.3) is 5.91 Å². The lowest BCUT2D eigenvalue weighted by molar-refractivity contribution is -0.119. The molecule has 2 heterocycles. The molecule has 0 spiro atoms. The molecule has 1 saturated heterocycles. The normalized spacial score (nSPS) is 20.0. The molecule has 1 aliphatic carbocycles. The summed E-state index contributed by atoms with van der Waals surface area (Å²) in [7, 11) is -3.92. The molecule has 1 fully saturated rings. The number of rotatable bonds is 6. The molecule has 3 amide bonds. The van der Waals surface area contributed by atoms with E-state index in [1.165, 1.54) is 39.9 Å². The Balaban J connectivity index is 1.61. The van der Waals surface area contributed by atoms with Crippen molar-refractivity contribution in [2.75, 3.05) is 18.5 Å². The minimum Gasteiger partial charge on any atom is -0.450 e. The Morgan fingerprint density at radius 1 is 1.19 bits per heavy atom. The Labute approximate surface area is 219 Å². The molecule has 1 aromatic carbocycles. The van der Waals surface area contributed by atoms with Gasteiger partial charge in [-0.15, -0.1) is 11.3 Å². The quantitative estimate of drug-likeness (QED) is 0.553. The molecule has 194 valence electrons. The van der Waals surface area contributed by atoms with E-state index >= 15 is 0 Å². The van der Waals surface area contributed by atoms with Gasteiger partial charge in [-0.3, -0.25) is 14.9 Å². The van der Waals surface area contributed by atoms with Gasteiger partial charge in [0, 0.05) is 16.4 Å². The van der Waals surface area contributed by atoms with Crippen LogP contribution in [-0.2, 0) is 32.4 Å². The van der Waals surface area contributed by atoms with Crippen molar-refractivity contribution in [1.29, 1.82) is 0 Å². The zero-order valence-corrected chi connectivity index (χ0v) is 22.4. The molecule has 1 aromatic heterocycles. The molecule has 2 atom stereocenters. The number of nitrogens with zero attached hydrogens (tertiary/aromatic N) is 1. The lowest BCUT2D eigenvalue weighted by atomic mass is 9.88. The largest absolute Gasteiger partial charge is 0.450 e. The van der Waals surface area contributed by atoms with Gasteiger partial charge in [0.15, 0.2) is 0 Å². The topological polar surface area (TPSA) is 122 Å². The number of imide groups is 1. The van der Waals surface area contributed by atoms with Crippen molar-refractivity contribution in [1.82, 2.24) is 9.62 Å². The third-order valence-corrected chi connectivity index (χ3v) is 9.74. The molecule has 36 heavy (non-hydrogen) atoms. The number of nitrogens with one attached hydrogen (secondary N) is 2. The van der Waals surface area contributed by atoms with Crippen molar-refractivity contribution in [2.45, 2.75) is 56.9 Å². The predicted molar refractivity (Wildman–Crippen MR) is 137 cm³/mol. The molecule has 2 aliphatic rings. The van der Waals surface area contributed by atoms with Crippen LogP contribution in [-0.4, -0.2) is 49.8 Å². The van der Waals surface area contributed by atoms with Crippen LogP contribution in [0.15, 0.2) is 29.2 Å². The van der Waals surface area contributed by atoms with Crippen LogP contribution in [0.2, 0.25) is 5.02 Å². The summed E-state index contributed by atoms with van der Waals surface area (Å²) in [6.45, 7) is 4.07. The van der Waals surface area contributed by atoms with E-state index in [1.54, 1.807) is 6.92 Å². The molecule has 0 radical (unpaired) electrons. The number of fused-ring (bicyclic) bond motifs is 1. The average Bonchev–Trinajstić information content (AvgIpc) is 3.44. The predicted octanol–water partition coefficient (Wildman–Crippen LogP) is 4.20. The molecular formula is C24H28ClN3O6S2. The van der Waals surface area contributed by atoms with E-state index in [4.69, 9.17) is 16.3 Å². The lowest BCUT2D eigenvalue weighted by Gasteiger charge is -2.23. The summed E-state index contributed by atoms with van der Waals surface area (Å²) in [4.78, 5) is 39.3. The van der Waals surface area contributed by atoms with Crippen LogP contribution in [0.3, 0.4) is 0 Å². The maximum Gasteiger partial charge on any atom is 0.414 e. The Hall–Kier alpha value is -2.47. The summed E-state index contributed by atoms with van der Waals surface area (Å²) in [6.07, 6.45) is 2.31. The molecule has 4 rings (SSSR count). The first-order valence-electron chi connectivity index (χ1n) is 11.8. The number of anilines is 1. The number of carbonyl (C=O) groups excluding carboxylic acids is 3. The number of benzene rings is 1. The average molecular weight is 554 g/mol. The summed E-state index contributed by atoms with van der Waals surface area (Å²) in [5.41, 5.74) is 1.06. The molecule has 1 aliphatic heterocycles. The van der Waals surface area contributed by atoms with Gasteiger partial charge >= 0.3 is 6.09 Å². The van der Waals surface area contributed by atoms with E-state index in [9.17, 15) is 22.8 Å². The Morgan fingerprint density at radius 3 is 2.61 bits per heavy atom. The van der Waals surface area contributed by atoms with Crippen LogP contribution < -0.4 is 10.6 Å². The molecule has 0 saturated carbocycles. The SMILES string of the molecule is CCOC(=O)NC(=O)c1c(NC(=O)C2CCCN2S(=O)(=O)c2ccc(Cl)cc2)sc2c1CCC(C)C2. The smallest absolute Gasteiger partial charge is 0.414 e. The van der Waals surface area contributed by atoms with Gasteiger partial charge in [0.05, 0.1) is 17.1 Å². The van der Waals surface area contributed by atoms with Gasteiger partial charge in [0.2, 0.25) is 15.9 Å². The van der Waals surface area contributed by atoms with Gasteiger partial charge in [0.1, 0.15) is 11.0 Å². The molecular weight excluding hydrogens is 526 g/mol. The lowest BCUT2D eigenvalue weighted by Crippen LogP contribution is -2.43. The number of hydrogen-bond acceptors (Lipinski definition) is 7. The second-order valence-electron chi connectivity index (χ2n) is 8.95. The number of amides is 3. The summed E-state index contributed by atoms with van der Waals surface area (Å²) in [6, 6.07) is 4.88. The second-order valence-corrected chi connectivity index (χ2v) is 12.4. The van der Waals surface area contributed by atoms with Gasteiger partial charge in [-0.25, -0.2) is 13.2 Å². The molecule has 2 aromatic rings. The standard InChI is InChI=1S/C24H28ClN3O6S2/c1-3-34-24(31)27-22(30)20-17-11-6-14(2)13-19(17)35-23(20)26-21(29)18-5-4-12-28(18)36(32,33)16-9-7-15(25)8-10-16/h7-10,14,18H,3-6,11-13H2,1-2H3,(H,26,29)(H,27,30,31). The van der Waals surface area contributed by atoms with Gasteiger partial charge in [-0.05, 0) is 74.8 Å². The van der Waals surface area contributed by atoms with Gasteiger partial charge in [-0.2, -0.15) is 4.31 Å². The number of ether oxygens (including phenoxy) is 1. The zero-order valence-electron chi connectivity index (χ0n) is 20.0. The molecule has 12 heteroatoms. The first-order valence-corrected chi connectivity index (χ1v) is 14.5. The van der Waals surface area contributed by atoms with E-state index in [0.717, 1.165) is 23.3 Å². The molecule has 0 bridgehead atoms. The number of sulfonamides is 1. The summed E-state index contributed by atoms with van der Waals surface area (Å²) < 4.78 is 32.5. The highest BCUT2D eigenvalue weighted by molar-refractivity contribution is 7.89. The highest BCUT2D eigenvalue weighted by atomic mass is 35.5. The minimum atomic E-state index is -3.92.